The molecule has 0 bridgehead atoms. The van der Waals surface area contributed by atoms with Crippen molar-refractivity contribution < 1.29 is 9.66 Å². The van der Waals surface area contributed by atoms with E-state index in [1.807, 2.05) is 13.8 Å². The van der Waals surface area contributed by atoms with Crippen molar-refractivity contribution in [2.24, 2.45) is 0 Å². The van der Waals surface area contributed by atoms with Gasteiger partial charge in [-0.25, -0.2) is 4.98 Å². The lowest BCUT2D eigenvalue weighted by Crippen LogP contribution is -2.08. The van der Waals surface area contributed by atoms with Crippen LogP contribution in [0.4, 0.5) is 11.6 Å². The third-order valence-corrected chi connectivity index (χ3v) is 2.20. The van der Waals surface area contributed by atoms with Gasteiger partial charge in [0.15, 0.2) is 0 Å². The van der Waals surface area contributed by atoms with Gasteiger partial charge in [0.1, 0.15) is 6.20 Å². The molecule has 0 aliphatic rings. The SMILES string of the molecule is CCCCOc1nc(NCCC)ncc1[N+](=O)[O-]. The van der Waals surface area contributed by atoms with E-state index in [9.17, 15) is 10.1 Å². The molecule has 0 aliphatic heterocycles. The lowest BCUT2D eigenvalue weighted by Gasteiger charge is -2.07. The third kappa shape index (κ3) is 4.15. The molecule has 1 N–H and O–H groups in total. The van der Waals surface area contributed by atoms with E-state index in [-0.39, 0.29) is 11.6 Å². The monoisotopic (exact) mass is 254 g/mol. The second-order valence-corrected chi connectivity index (χ2v) is 3.77. The molecule has 0 saturated heterocycles. The second kappa shape index (κ2) is 7.41. The summed E-state index contributed by atoms with van der Waals surface area (Å²) in [5.41, 5.74) is -0.201. The van der Waals surface area contributed by atoms with Gasteiger partial charge in [0.05, 0.1) is 11.5 Å². The van der Waals surface area contributed by atoms with Crippen molar-refractivity contribution in [3.63, 3.8) is 0 Å². The summed E-state index contributed by atoms with van der Waals surface area (Å²) in [7, 11) is 0. The molecule has 1 aromatic heterocycles. The van der Waals surface area contributed by atoms with E-state index in [1.54, 1.807) is 0 Å². The highest BCUT2D eigenvalue weighted by Crippen LogP contribution is 2.24. The largest absolute Gasteiger partial charge is 0.473 e. The second-order valence-electron chi connectivity index (χ2n) is 3.77. The van der Waals surface area contributed by atoms with E-state index in [1.165, 1.54) is 6.20 Å². The number of aromatic nitrogens is 2. The van der Waals surface area contributed by atoms with Crippen molar-refractivity contribution >= 4 is 11.6 Å². The fraction of sp³-hybridized carbons (Fsp3) is 0.636. The average Bonchev–Trinajstić information content (AvgIpc) is 2.36. The third-order valence-electron chi connectivity index (χ3n) is 2.20. The van der Waals surface area contributed by atoms with Crippen LogP contribution in [0.1, 0.15) is 33.1 Å². The molecule has 0 fully saturated rings. The van der Waals surface area contributed by atoms with Gasteiger partial charge in [0.25, 0.3) is 5.88 Å². The first-order valence-corrected chi connectivity index (χ1v) is 6.07. The summed E-state index contributed by atoms with van der Waals surface area (Å²) in [6.45, 7) is 5.16. The van der Waals surface area contributed by atoms with Crippen LogP contribution in [0.3, 0.4) is 0 Å². The number of anilines is 1. The van der Waals surface area contributed by atoms with Crippen LogP contribution >= 0.6 is 0 Å². The average molecular weight is 254 g/mol. The van der Waals surface area contributed by atoms with Gasteiger partial charge in [-0.3, -0.25) is 10.1 Å². The molecule has 0 aromatic carbocycles. The predicted molar refractivity (Wildman–Crippen MR) is 67.9 cm³/mol. The number of nitrogens with one attached hydrogen (secondary N) is 1. The van der Waals surface area contributed by atoms with E-state index >= 15 is 0 Å². The van der Waals surface area contributed by atoms with Gasteiger partial charge in [-0.05, 0) is 12.8 Å². The highest BCUT2D eigenvalue weighted by atomic mass is 16.6. The molecule has 100 valence electrons. The molecule has 0 atom stereocenters. The summed E-state index contributed by atoms with van der Waals surface area (Å²) in [5, 5.41) is 13.8. The van der Waals surface area contributed by atoms with Crippen molar-refractivity contribution in [3.05, 3.63) is 16.3 Å². The molecular weight excluding hydrogens is 236 g/mol. The quantitative estimate of drug-likeness (QED) is 0.435. The fourth-order valence-electron chi connectivity index (χ4n) is 1.23. The number of nitro groups is 1. The zero-order valence-electron chi connectivity index (χ0n) is 10.7. The summed E-state index contributed by atoms with van der Waals surface area (Å²) in [4.78, 5) is 18.2. The molecule has 1 rings (SSSR count). The molecule has 7 nitrogen and oxygen atoms in total. The van der Waals surface area contributed by atoms with Crippen molar-refractivity contribution in [1.82, 2.24) is 9.97 Å². The zero-order valence-corrected chi connectivity index (χ0v) is 10.7. The van der Waals surface area contributed by atoms with E-state index in [0.717, 1.165) is 19.3 Å². The topological polar surface area (TPSA) is 90.2 Å². The first kappa shape index (κ1) is 14.1. The van der Waals surface area contributed by atoms with Crippen LogP contribution in [0.2, 0.25) is 0 Å². The Hall–Kier alpha value is -1.92. The molecule has 0 spiro atoms. The van der Waals surface area contributed by atoms with Gasteiger partial charge in [0, 0.05) is 6.54 Å². The van der Waals surface area contributed by atoms with E-state index in [0.29, 0.717) is 19.1 Å². The molecule has 18 heavy (non-hydrogen) atoms. The Kier molecular flexibility index (Phi) is 5.83. The molecule has 0 aliphatic carbocycles. The molecule has 0 amide bonds. The highest BCUT2D eigenvalue weighted by molar-refractivity contribution is 5.43. The Balaban J connectivity index is 2.82. The first-order chi connectivity index (χ1) is 8.69. The Morgan fingerprint density at radius 1 is 1.44 bits per heavy atom. The van der Waals surface area contributed by atoms with Crippen LogP contribution in [0.5, 0.6) is 5.88 Å². The number of unbranched alkanes of at least 4 members (excludes halogenated alkanes) is 1. The predicted octanol–water partition coefficient (Wildman–Crippen LogP) is 2.39. The number of hydrogen-bond donors (Lipinski definition) is 1. The molecule has 1 heterocycles. The van der Waals surface area contributed by atoms with Crippen LogP contribution in [0, 0.1) is 10.1 Å². The fourth-order valence-corrected chi connectivity index (χ4v) is 1.23. The maximum atomic E-state index is 10.8. The number of nitrogens with zero attached hydrogens (tertiary/aromatic N) is 3. The minimum Gasteiger partial charge on any atom is -0.473 e. The van der Waals surface area contributed by atoms with Gasteiger partial charge in [0.2, 0.25) is 5.95 Å². The van der Waals surface area contributed by atoms with Gasteiger partial charge in [-0.1, -0.05) is 20.3 Å². The van der Waals surface area contributed by atoms with E-state index in [4.69, 9.17) is 4.74 Å². The van der Waals surface area contributed by atoms with Gasteiger partial charge >= 0.3 is 5.69 Å². The summed E-state index contributed by atoms with van der Waals surface area (Å²) in [6.07, 6.45) is 3.89. The minimum absolute atomic E-state index is 0.0297. The normalized spacial score (nSPS) is 10.1. The standard InChI is InChI=1S/C11H18N4O3/c1-3-5-7-18-10-9(15(16)17)8-13-11(14-10)12-6-4-2/h8H,3-7H2,1-2H3,(H,12,13,14). The summed E-state index contributed by atoms with van der Waals surface area (Å²) in [6, 6.07) is 0. The molecule has 7 heteroatoms. The zero-order chi connectivity index (χ0) is 13.4. The maximum Gasteiger partial charge on any atom is 0.349 e. The Labute approximate surface area is 106 Å². The smallest absolute Gasteiger partial charge is 0.349 e. The Morgan fingerprint density at radius 3 is 2.83 bits per heavy atom. The van der Waals surface area contributed by atoms with Crippen molar-refractivity contribution in [2.45, 2.75) is 33.1 Å². The van der Waals surface area contributed by atoms with E-state index in [2.05, 4.69) is 15.3 Å². The van der Waals surface area contributed by atoms with Crippen molar-refractivity contribution in [1.29, 1.82) is 0 Å². The summed E-state index contributed by atoms with van der Waals surface area (Å²) >= 11 is 0. The molecule has 0 unspecified atom stereocenters. The van der Waals surface area contributed by atoms with Gasteiger partial charge in [-0.2, -0.15) is 4.98 Å². The molecule has 0 radical (unpaired) electrons. The number of ether oxygens (including phenoxy) is 1. The summed E-state index contributed by atoms with van der Waals surface area (Å²) < 4.78 is 5.33. The van der Waals surface area contributed by atoms with Crippen LogP contribution in [-0.4, -0.2) is 28.0 Å². The van der Waals surface area contributed by atoms with Crippen molar-refractivity contribution in [3.8, 4) is 5.88 Å². The van der Waals surface area contributed by atoms with Gasteiger partial charge in [-0.15, -0.1) is 0 Å². The molecular formula is C11H18N4O3. The number of rotatable bonds is 8. The Bertz CT molecular complexity index is 398. The van der Waals surface area contributed by atoms with E-state index < -0.39 is 4.92 Å². The highest BCUT2D eigenvalue weighted by Gasteiger charge is 2.18. The number of hydrogen-bond acceptors (Lipinski definition) is 6. The van der Waals surface area contributed by atoms with Crippen LogP contribution in [0.15, 0.2) is 6.20 Å². The first-order valence-electron chi connectivity index (χ1n) is 6.07. The lowest BCUT2D eigenvalue weighted by atomic mass is 10.4. The molecule has 0 saturated carbocycles. The maximum absolute atomic E-state index is 10.8. The summed E-state index contributed by atoms with van der Waals surface area (Å²) in [5.74, 6) is 0.385. The van der Waals surface area contributed by atoms with Crippen LogP contribution < -0.4 is 10.1 Å². The molecule has 1 aromatic rings. The Morgan fingerprint density at radius 2 is 2.22 bits per heavy atom. The van der Waals surface area contributed by atoms with Gasteiger partial charge < -0.3 is 10.1 Å². The van der Waals surface area contributed by atoms with Crippen LogP contribution in [0.25, 0.3) is 0 Å². The van der Waals surface area contributed by atoms with Crippen LogP contribution in [-0.2, 0) is 0 Å². The van der Waals surface area contributed by atoms with Crippen molar-refractivity contribution in [2.75, 3.05) is 18.5 Å². The minimum atomic E-state index is -0.537. The lowest BCUT2D eigenvalue weighted by molar-refractivity contribution is -0.386.